The number of furan rings is 2. The van der Waals surface area contributed by atoms with Crippen molar-refractivity contribution in [2.24, 2.45) is 0 Å². The van der Waals surface area contributed by atoms with Crippen molar-refractivity contribution in [3.05, 3.63) is 182 Å². The minimum absolute atomic E-state index is 0.610. The van der Waals surface area contributed by atoms with E-state index in [1.54, 1.807) is 0 Å². The molecule has 12 rings (SSSR count). The molecule has 0 amide bonds. The molecule has 0 saturated heterocycles. The largest absolute Gasteiger partial charge is 0.456 e. The summed E-state index contributed by atoms with van der Waals surface area (Å²) in [5.74, 6) is 1.87. The van der Waals surface area contributed by atoms with Crippen LogP contribution in [0.1, 0.15) is 0 Å². The standard InChI is InChI=1S/C51H30N4O2/c1-3-11-31(12-4-1)49-52-50(32-13-5-2-6-14-32)54-51(53-49)35-21-26-46-42(28-35)39-23-19-34(29-47(39)56-46)33-20-25-45-41(27-33)40-24-22-36(30-48(40)57-45)55-43-17-9-7-15-37(43)38-16-8-10-18-44(38)55/h1-30H. The SMILES string of the molecule is c1ccc(-c2nc(-c3ccccc3)nc(-c3ccc4oc5cc(-c6ccc7oc8cc(-n9c%10ccccc%10c%10ccccc%109)ccc8c7c6)ccc5c4c3)n2)cc1. The average molecular weight is 731 g/mol. The molecule has 12 aromatic rings. The summed E-state index contributed by atoms with van der Waals surface area (Å²) < 4.78 is 15.3. The predicted molar refractivity (Wildman–Crippen MR) is 230 cm³/mol. The zero-order valence-corrected chi connectivity index (χ0v) is 30.4. The average Bonchev–Trinajstić information content (AvgIpc) is 3.95. The van der Waals surface area contributed by atoms with E-state index in [0.717, 1.165) is 77.4 Å². The van der Waals surface area contributed by atoms with Gasteiger partial charge in [0.25, 0.3) is 0 Å². The molecule has 0 fully saturated rings. The van der Waals surface area contributed by atoms with E-state index in [2.05, 4.69) is 114 Å². The van der Waals surface area contributed by atoms with Crippen molar-refractivity contribution in [2.75, 3.05) is 0 Å². The highest BCUT2D eigenvalue weighted by Gasteiger charge is 2.17. The van der Waals surface area contributed by atoms with Gasteiger partial charge in [0.05, 0.1) is 11.0 Å². The Balaban J connectivity index is 0.924. The molecule has 266 valence electrons. The van der Waals surface area contributed by atoms with Crippen LogP contribution >= 0.6 is 0 Å². The van der Waals surface area contributed by atoms with Gasteiger partial charge < -0.3 is 13.4 Å². The van der Waals surface area contributed by atoms with E-state index in [1.807, 2.05) is 72.8 Å². The molecular formula is C51H30N4O2. The van der Waals surface area contributed by atoms with E-state index in [0.29, 0.717) is 17.5 Å². The number of hydrogen-bond acceptors (Lipinski definition) is 5. The second-order valence-electron chi connectivity index (χ2n) is 14.4. The number of aromatic nitrogens is 4. The maximum atomic E-state index is 6.48. The summed E-state index contributed by atoms with van der Waals surface area (Å²) in [4.78, 5) is 14.8. The van der Waals surface area contributed by atoms with Crippen LogP contribution in [0.4, 0.5) is 0 Å². The van der Waals surface area contributed by atoms with Gasteiger partial charge in [-0.05, 0) is 77.9 Å². The van der Waals surface area contributed by atoms with Crippen molar-refractivity contribution < 1.29 is 8.83 Å². The van der Waals surface area contributed by atoms with E-state index >= 15 is 0 Å². The van der Waals surface area contributed by atoms with Crippen LogP contribution in [0, 0.1) is 0 Å². The second-order valence-corrected chi connectivity index (χ2v) is 14.4. The van der Waals surface area contributed by atoms with Crippen LogP contribution in [0.2, 0.25) is 0 Å². The van der Waals surface area contributed by atoms with Crippen molar-refractivity contribution >= 4 is 65.7 Å². The van der Waals surface area contributed by atoms with Gasteiger partial charge in [0.15, 0.2) is 17.5 Å². The molecule has 0 aliphatic carbocycles. The Bertz CT molecular complexity index is 3410. The number of rotatable bonds is 5. The third kappa shape index (κ3) is 5.08. The smallest absolute Gasteiger partial charge is 0.164 e. The van der Waals surface area contributed by atoms with Crippen LogP contribution in [0.25, 0.3) is 117 Å². The maximum absolute atomic E-state index is 6.48. The normalized spacial score (nSPS) is 11.9. The molecule has 8 aromatic carbocycles. The number of hydrogen-bond donors (Lipinski definition) is 0. The zero-order chi connectivity index (χ0) is 37.5. The summed E-state index contributed by atoms with van der Waals surface area (Å²) in [6, 6.07) is 62.7. The number of fused-ring (bicyclic) bond motifs is 9. The molecule has 0 bridgehead atoms. The molecule has 6 nitrogen and oxygen atoms in total. The third-order valence-electron chi connectivity index (χ3n) is 11.1. The lowest BCUT2D eigenvalue weighted by atomic mass is 10.0. The predicted octanol–water partition coefficient (Wildman–Crippen LogP) is 13.4. The van der Waals surface area contributed by atoms with E-state index < -0.39 is 0 Å². The van der Waals surface area contributed by atoms with Gasteiger partial charge in [0.2, 0.25) is 0 Å². The lowest BCUT2D eigenvalue weighted by Gasteiger charge is -2.08. The van der Waals surface area contributed by atoms with E-state index in [-0.39, 0.29) is 0 Å². The molecule has 4 aromatic heterocycles. The molecule has 0 spiro atoms. The lowest BCUT2D eigenvalue weighted by molar-refractivity contribution is 0.668. The molecular weight excluding hydrogens is 701 g/mol. The highest BCUT2D eigenvalue weighted by Crippen LogP contribution is 2.39. The van der Waals surface area contributed by atoms with Gasteiger partial charge in [0, 0.05) is 60.8 Å². The third-order valence-corrected chi connectivity index (χ3v) is 11.1. The minimum atomic E-state index is 0.610. The maximum Gasteiger partial charge on any atom is 0.164 e. The van der Waals surface area contributed by atoms with E-state index in [1.165, 1.54) is 21.8 Å². The lowest BCUT2D eigenvalue weighted by Crippen LogP contribution is -2.00. The molecule has 0 aliphatic rings. The second kappa shape index (κ2) is 12.3. The quantitative estimate of drug-likeness (QED) is 0.176. The van der Waals surface area contributed by atoms with E-state index in [9.17, 15) is 0 Å². The van der Waals surface area contributed by atoms with Gasteiger partial charge in [0.1, 0.15) is 22.3 Å². The van der Waals surface area contributed by atoms with Crippen LogP contribution in [0.3, 0.4) is 0 Å². The van der Waals surface area contributed by atoms with E-state index in [4.69, 9.17) is 23.8 Å². The molecule has 0 unspecified atom stereocenters. The zero-order valence-electron chi connectivity index (χ0n) is 30.4. The Morgan fingerprint density at radius 3 is 1.37 bits per heavy atom. The molecule has 0 saturated carbocycles. The van der Waals surface area contributed by atoms with Gasteiger partial charge in [-0.2, -0.15) is 0 Å². The first-order chi connectivity index (χ1) is 28.2. The fourth-order valence-electron chi connectivity index (χ4n) is 8.32. The highest BCUT2D eigenvalue weighted by molar-refractivity contribution is 6.11. The Morgan fingerprint density at radius 1 is 0.298 bits per heavy atom. The van der Waals surface area contributed by atoms with Gasteiger partial charge in [-0.3, -0.25) is 0 Å². The van der Waals surface area contributed by atoms with Crippen LogP contribution in [0.5, 0.6) is 0 Å². The van der Waals surface area contributed by atoms with Crippen molar-refractivity contribution in [1.29, 1.82) is 0 Å². The van der Waals surface area contributed by atoms with Crippen molar-refractivity contribution in [3.8, 4) is 51.0 Å². The first-order valence-corrected chi connectivity index (χ1v) is 19.0. The molecule has 6 heteroatoms. The first-order valence-electron chi connectivity index (χ1n) is 19.0. The summed E-state index contributed by atoms with van der Waals surface area (Å²) in [5.41, 5.74) is 11.7. The van der Waals surface area contributed by atoms with Crippen molar-refractivity contribution in [2.45, 2.75) is 0 Å². The van der Waals surface area contributed by atoms with Crippen LogP contribution in [0.15, 0.2) is 191 Å². The van der Waals surface area contributed by atoms with Crippen LogP contribution in [-0.4, -0.2) is 19.5 Å². The number of benzene rings is 8. The molecule has 4 heterocycles. The summed E-state index contributed by atoms with van der Waals surface area (Å²) >= 11 is 0. The molecule has 0 radical (unpaired) electrons. The van der Waals surface area contributed by atoms with Gasteiger partial charge in [-0.15, -0.1) is 0 Å². The monoisotopic (exact) mass is 730 g/mol. The fourth-order valence-corrected chi connectivity index (χ4v) is 8.32. The van der Waals surface area contributed by atoms with Crippen molar-refractivity contribution in [1.82, 2.24) is 19.5 Å². The summed E-state index contributed by atoms with van der Waals surface area (Å²) in [6.07, 6.45) is 0. The Morgan fingerprint density at radius 2 is 0.754 bits per heavy atom. The molecule has 0 N–H and O–H groups in total. The fraction of sp³-hybridized carbons (Fsp3) is 0. The summed E-state index contributed by atoms with van der Waals surface area (Å²) in [6.45, 7) is 0. The minimum Gasteiger partial charge on any atom is -0.456 e. The Hall–Kier alpha value is -7.83. The van der Waals surface area contributed by atoms with Gasteiger partial charge >= 0.3 is 0 Å². The van der Waals surface area contributed by atoms with Crippen LogP contribution < -0.4 is 0 Å². The molecule has 0 aliphatic heterocycles. The number of nitrogens with zero attached hydrogens (tertiary/aromatic N) is 4. The highest BCUT2D eigenvalue weighted by atomic mass is 16.3. The Kier molecular flexibility index (Phi) is 6.83. The Labute approximate surface area is 325 Å². The molecule has 57 heavy (non-hydrogen) atoms. The van der Waals surface area contributed by atoms with Gasteiger partial charge in [-0.1, -0.05) is 109 Å². The van der Waals surface area contributed by atoms with Crippen molar-refractivity contribution in [3.63, 3.8) is 0 Å². The number of para-hydroxylation sites is 2. The van der Waals surface area contributed by atoms with Crippen LogP contribution in [-0.2, 0) is 0 Å². The summed E-state index contributed by atoms with van der Waals surface area (Å²) in [7, 11) is 0. The van der Waals surface area contributed by atoms with Gasteiger partial charge in [-0.25, -0.2) is 15.0 Å². The topological polar surface area (TPSA) is 69.9 Å². The summed E-state index contributed by atoms with van der Waals surface area (Å²) in [5, 5.41) is 6.67. The molecule has 0 atom stereocenters. The first kappa shape index (κ1) is 31.5.